The predicted molar refractivity (Wildman–Crippen MR) is 91.0 cm³/mol. The fourth-order valence-corrected chi connectivity index (χ4v) is 3.92. The molecule has 6 nitrogen and oxygen atoms in total. The van der Waals surface area contributed by atoms with Gasteiger partial charge >= 0.3 is 11.9 Å². The third-order valence-corrected chi connectivity index (χ3v) is 6.08. The van der Waals surface area contributed by atoms with Gasteiger partial charge in [-0.3, -0.25) is 9.59 Å². The second-order valence-corrected chi connectivity index (χ2v) is 7.43. The number of hydrogen-bond acceptors (Lipinski definition) is 5. The number of carbonyl (C=O) groups is 3. The summed E-state index contributed by atoms with van der Waals surface area (Å²) in [6.45, 7) is 7.68. The van der Waals surface area contributed by atoms with Gasteiger partial charge in [-0.2, -0.15) is 0 Å². The topological polar surface area (TPSA) is 81.7 Å². The van der Waals surface area contributed by atoms with Crippen molar-refractivity contribution in [1.29, 1.82) is 0 Å². The summed E-state index contributed by atoms with van der Waals surface area (Å²) in [4.78, 5) is 37.1. The number of amides is 1. The Kier molecular flexibility index (Phi) is 3.89. The number of esters is 2. The van der Waals surface area contributed by atoms with Gasteiger partial charge in [0.1, 0.15) is 0 Å². The van der Waals surface area contributed by atoms with Crippen LogP contribution in [0.4, 0.5) is 5.69 Å². The Balaban J connectivity index is 1.85. The van der Waals surface area contributed by atoms with Crippen LogP contribution in [0, 0.1) is 10.8 Å². The summed E-state index contributed by atoms with van der Waals surface area (Å²) in [5.41, 5.74) is -1.62. The van der Waals surface area contributed by atoms with E-state index in [1.807, 2.05) is 20.8 Å². The van der Waals surface area contributed by atoms with E-state index in [0.29, 0.717) is 24.1 Å². The Morgan fingerprint density at radius 3 is 2.52 bits per heavy atom. The van der Waals surface area contributed by atoms with Gasteiger partial charge < -0.3 is 14.8 Å². The van der Waals surface area contributed by atoms with Gasteiger partial charge in [-0.15, -0.1) is 0 Å². The summed E-state index contributed by atoms with van der Waals surface area (Å²) in [6, 6.07) is 6.54. The van der Waals surface area contributed by atoms with Crippen LogP contribution >= 0.6 is 0 Å². The van der Waals surface area contributed by atoms with Crippen LogP contribution < -0.4 is 5.32 Å². The van der Waals surface area contributed by atoms with Crippen LogP contribution in [0.25, 0.3) is 0 Å². The van der Waals surface area contributed by atoms with Gasteiger partial charge in [0.15, 0.2) is 5.60 Å². The minimum Gasteiger partial charge on any atom is -0.462 e. The highest BCUT2D eigenvalue weighted by Gasteiger charge is 2.75. The molecular formula is C19H23NO5. The van der Waals surface area contributed by atoms with Crippen molar-refractivity contribution < 1.29 is 23.9 Å². The number of fused-ring (bicyclic) bond motifs is 2. The van der Waals surface area contributed by atoms with Gasteiger partial charge in [0.25, 0.3) is 5.91 Å². The number of ether oxygens (including phenoxy) is 2. The molecule has 1 saturated heterocycles. The monoisotopic (exact) mass is 345 g/mol. The van der Waals surface area contributed by atoms with Crippen LogP contribution in [0.2, 0.25) is 0 Å². The van der Waals surface area contributed by atoms with E-state index in [0.717, 1.165) is 0 Å². The summed E-state index contributed by atoms with van der Waals surface area (Å²) in [7, 11) is 0. The highest BCUT2D eigenvalue weighted by molar-refractivity contribution is 6.03. The van der Waals surface area contributed by atoms with Crippen LogP contribution in [0.15, 0.2) is 24.3 Å². The SMILES string of the molecule is CCOC(=O)c1cccc(NC(=O)C23CCC(C)(C(=O)O2)C3(C)C)c1. The van der Waals surface area contributed by atoms with Gasteiger partial charge in [-0.05, 0) is 44.9 Å². The first-order valence-corrected chi connectivity index (χ1v) is 8.50. The van der Waals surface area contributed by atoms with Crippen LogP contribution in [0.1, 0.15) is 50.9 Å². The lowest BCUT2D eigenvalue weighted by atomic mass is 9.66. The van der Waals surface area contributed by atoms with Gasteiger partial charge in [0.2, 0.25) is 0 Å². The molecule has 1 aliphatic heterocycles. The van der Waals surface area contributed by atoms with E-state index >= 15 is 0 Å². The predicted octanol–water partition coefficient (Wildman–Crippen LogP) is 2.92. The largest absolute Gasteiger partial charge is 0.462 e. The Morgan fingerprint density at radius 1 is 1.24 bits per heavy atom. The molecule has 1 N–H and O–H groups in total. The molecule has 0 aromatic heterocycles. The number of carbonyl (C=O) groups excluding carboxylic acids is 3. The van der Waals surface area contributed by atoms with E-state index in [1.165, 1.54) is 0 Å². The van der Waals surface area contributed by atoms with Crippen molar-refractivity contribution in [3.05, 3.63) is 29.8 Å². The molecule has 2 bridgehead atoms. The molecule has 2 aliphatic rings. The molecule has 2 atom stereocenters. The zero-order valence-electron chi connectivity index (χ0n) is 15.0. The molecule has 1 heterocycles. The Labute approximate surface area is 146 Å². The molecule has 2 unspecified atom stereocenters. The maximum atomic E-state index is 13.0. The van der Waals surface area contributed by atoms with Crippen LogP contribution in [-0.4, -0.2) is 30.1 Å². The minimum atomic E-state index is -1.18. The molecule has 1 aromatic rings. The number of nitrogens with one attached hydrogen (secondary N) is 1. The quantitative estimate of drug-likeness (QED) is 0.849. The Morgan fingerprint density at radius 2 is 1.96 bits per heavy atom. The van der Waals surface area contributed by atoms with Crippen molar-refractivity contribution in [1.82, 2.24) is 0 Å². The van der Waals surface area contributed by atoms with Crippen molar-refractivity contribution in [3.63, 3.8) is 0 Å². The molecule has 25 heavy (non-hydrogen) atoms. The Bertz CT molecular complexity index is 756. The first-order chi connectivity index (χ1) is 11.7. The molecule has 134 valence electrons. The smallest absolute Gasteiger partial charge is 0.338 e. The zero-order valence-corrected chi connectivity index (χ0v) is 15.0. The van der Waals surface area contributed by atoms with Crippen molar-refractivity contribution in [2.45, 2.75) is 46.1 Å². The second kappa shape index (κ2) is 5.58. The molecule has 0 spiro atoms. The van der Waals surface area contributed by atoms with Gasteiger partial charge in [0.05, 0.1) is 17.6 Å². The van der Waals surface area contributed by atoms with Crippen molar-refractivity contribution in [2.75, 3.05) is 11.9 Å². The fourth-order valence-electron chi connectivity index (χ4n) is 3.92. The lowest BCUT2D eigenvalue weighted by molar-refractivity contribution is -0.165. The lowest BCUT2D eigenvalue weighted by Gasteiger charge is -2.35. The fraction of sp³-hybridized carbons (Fsp3) is 0.526. The Hall–Kier alpha value is -2.37. The third kappa shape index (κ3) is 2.27. The van der Waals surface area contributed by atoms with E-state index in [9.17, 15) is 14.4 Å². The summed E-state index contributed by atoms with van der Waals surface area (Å²) >= 11 is 0. The maximum Gasteiger partial charge on any atom is 0.338 e. The van der Waals surface area contributed by atoms with Crippen molar-refractivity contribution >= 4 is 23.5 Å². The van der Waals surface area contributed by atoms with Crippen molar-refractivity contribution in [2.24, 2.45) is 10.8 Å². The number of benzene rings is 1. The van der Waals surface area contributed by atoms with E-state index in [-0.39, 0.29) is 18.5 Å². The lowest BCUT2D eigenvalue weighted by Crippen LogP contribution is -2.50. The normalized spacial score (nSPS) is 29.2. The summed E-state index contributed by atoms with van der Waals surface area (Å²) in [5.74, 6) is -1.12. The summed E-state index contributed by atoms with van der Waals surface area (Å²) < 4.78 is 10.5. The number of hydrogen-bond donors (Lipinski definition) is 1. The summed E-state index contributed by atoms with van der Waals surface area (Å²) in [6.07, 6.45) is 1.11. The van der Waals surface area contributed by atoms with Crippen LogP contribution in [0.5, 0.6) is 0 Å². The maximum absolute atomic E-state index is 13.0. The molecule has 1 saturated carbocycles. The summed E-state index contributed by atoms with van der Waals surface area (Å²) in [5, 5.41) is 2.81. The molecule has 1 aliphatic carbocycles. The van der Waals surface area contributed by atoms with Crippen molar-refractivity contribution in [3.8, 4) is 0 Å². The molecule has 0 radical (unpaired) electrons. The molecular weight excluding hydrogens is 322 g/mol. The van der Waals surface area contributed by atoms with E-state index in [4.69, 9.17) is 9.47 Å². The van der Waals surface area contributed by atoms with Crippen LogP contribution in [0.3, 0.4) is 0 Å². The number of anilines is 1. The van der Waals surface area contributed by atoms with Gasteiger partial charge in [-0.1, -0.05) is 19.9 Å². The standard InChI is InChI=1S/C19H23NO5/c1-5-24-14(21)12-7-6-8-13(11-12)20-15(22)19-10-9-18(4,16(23)25-19)17(19,2)3/h6-8,11H,5,9-10H2,1-4H3,(H,20,22). The molecule has 2 fully saturated rings. The van der Waals surface area contributed by atoms with E-state index in [1.54, 1.807) is 31.2 Å². The van der Waals surface area contributed by atoms with E-state index in [2.05, 4.69) is 5.32 Å². The molecule has 1 aromatic carbocycles. The zero-order chi connectivity index (χ0) is 18.5. The van der Waals surface area contributed by atoms with Gasteiger partial charge in [-0.25, -0.2) is 4.79 Å². The van der Waals surface area contributed by atoms with E-state index < -0.39 is 22.4 Å². The molecule has 1 amide bonds. The third-order valence-electron chi connectivity index (χ3n) is 6.08. The first kappa shape index (κ1) is 17.5. The average Bonchev–Trinajstić information content (AvgIpc) is 2.86. The number of rotatable bonds is 4. The molecule has 6 heteroatoms. The minimum absolute atomic E-state index is 0.279. The van der Waals surface area contributed by atoms with Gasteiger partial charge in [0, 0.05) is 11.1 Å². The van der Waals surface area contributed by atoms with Crippen LogP contribution in [-0.2, 0) is 19.1 Å². The highest BCUT2D eigenvalue weighted by Crippen LogP contribution is 2.65. The first-order valence-electron chi connectivity index (χ1n) is 8.50. The second-order valence-electron chi connectivity index (χ2n) is 7.43. The molecule has 3 rings (SSSR count). The highest BCUT2D eigenvalue weighted by atomic mass is 16.6. The average molecular weight is 345 g/mol.